The van der Waals surface area contributed by atoms with Gasteiger partial charge in [0, 0.05) is 25.7 Å². The Kier molecular flexibility index (Phi) is 4.46. The third-order valence-electron chi connectivity index (χ3n) is 3.90. The van der Waals surface area contributed by atoms with Crippen molar-refractivity contribution in [2.45, 2.75) is 25.4 Å². The van der Waals surface area contributed by atoms with Gasteiger partial charge in [-0.3, -0.25) is 4.90 Å². The maximum atomic E-state index is 13.1. The number of nitrogens with one attached hydrogen (secondary N) is 1. The summed E-state index contributed by atoms with van der Waals surface area (Å²) < 4.78 is 13.1. The molecule has 0 saturated carbocycles. The van der Waals surface area contributed by atoms with E-state index in [0.717, 1.165) is 32.5 Å². The van der Waals surface area contributed by atoms with Crippen molar-refractivity contribution in [2.24, 2.45) is 0 Å². The van der Waals surface area contributed by atoms with Gasteiger partial charge in [-0.25, -0.2) is 4.98 Å². The van der Waals surface area contributed by atoms with Crippen LogP contribution in [0.15, 0.2) is 48.5 Å². The van der Waals surface area contributed by atoms with Gasteiger partial charge in [0.2, 0.25) is 5.95 Å². The number of rotatable bonds is 4. The summed E-state index contributed by atoms with van der Waals surface area (Å²) in [6.45, 7) is 3.12. The van der Waals surface area contributed by atoms with E-state index < -0.39 is 5.95 Å². The van der Waals surface area contributed by atoms with Gasteiger partial charge in [-0.05, 0) is 30.5 Å². The van der Waals surface area contributed by atoms with E-state index in [-0.39, 0.29) is 0 Å². The van der Waals surface area contributed by atoms with E-state index in [9.17, 15) is 4.39 Å². The Morgan fingerprint density at radius 3 is 2.52 bits per heavy atom. The lowest BCUT2D eigenvalue weighted by atomic mass is 10.0. The molecule has 1 aromatic carbocycles. The van der Waals surface area contributed by atoms with Crippen molar-refractivity contribution in [2.75, 3.05) is 18.4 Å². The van der Waals surface area contributed by atoms with Crippen LogP contribution in [0.3, 0.4) is 0 Å². The first kappa shape index (κ1) is 14.0. The Morgan fingerprint density at radius 2 is 1.81 bits per heavy atom. The first-order valence-electron chi connectivity index (χ1n) is 7.45. The van der Waals surface area contributed by atoms with E-state index in [1.54, 1.807) is 6.07 Å². The number of anilines is 1. The van der Waals surface area contributed by atoms with Crippen LogP contribution in [-0.2, 0) is 6.54 Å². The quantitative estimate of drug-likeness (QED) is 0.874. The zero-order valence-corrected chi connectivity index (χ0v) is 12.0. The summed E-state index contributed by atoms with van der Waals surface area (Å²) in [6, 6.07) is 15.8. The van der Waals surface area contributed by atoms with E-state index in [0.29, 0.717) is 11.9 Å². The second kappa shape index (κ2) is 6.68. The molecule has 2 heterocycles. The highest BCUT2D eigenvalue weighted by Crippen LogP contribution is 2.17. The molecule has 0 unspecified atom stereocenters. The number of nitrogens with zero attached hydrogens (tertiary/aromatic N) is 2. The van der Waals surface area contributed by atoms with Gasteiger partial charge < -0.3 is 5.32 Å². The molecule has 2 aromatic rings. The lowest BCUT2D eigenvalue weighted by Crippen LogP contribution is -2.38. The van der Waals surface area contributed by atoms with Crippen LogP contribution >= 0.6 is 0 Å². The van der Waals surface area contributed by atoms with Crippen molar-refractivity contribution < 1.29 is 4.39 Å². The molecule has 1 aromatic heterocycles. The molecule has 21 heavy (non-hydrogen) atoms. The molecular weight excluding hydrogens is 265 g/mol. The third-order valence-corrected chi connectivity index (χ3v) is 3.90. The maximum absolute atomic E-state index is 13.1. The van der Waals surface area contributed by atoms with Crippen LogP contribution in [-0.4, -0.2) is 29.0 Å². The molecular formula is C17H20FN3. The molecule has 1 N–H and O–H groups in total. The molecule has 4 heteroatoms. The molecule has 1 saturated heterocycles. The van der Waals surface area contributed by atoms with Crippen LogP contribution in [0.25, 0.3) is 0 Å². The Hall–Kier alpha value is -1.94. The number of pyridine rings is 1. The average Bonchev–Trinajstić information content (AvgIpc) is 2.50. The molecule has 0 spiro atoms. The van der Waals surface area contributed by atoms with Crippen LogP contribution in [0, 0.1) is 5.95 Å². The molecule has 3 rings (SSSR count). The predicted molar refractivity (Wildman–Crippen MR) is 82.6 cm³/mol. The van der Waals surface area contributed by atoms with Gasteiger partial charge in [0.1, 0.15) is 5.82 Å². The minimum absolute atomic E-state index is 0.381. The summed E-state index contributed by atoms with van der Waals surface area (Å²) in [5.41, 5.74) is 1.36. The molecule has 0 bridgehead atoms. The molecule has 0 aliphatic carbocycles. The standard InChI is InChI=1S/C17H20FN3/c18-16-7-4-8-17(20-16)19-15-9-11-21(12-10-15)13-14-5-2-1-3-6-14/h1-8,15H,9-13H2,(H,19,20). The van der Waals surface area contributed by atoms with Crippen molar-refractivity contribution in [1.82, 2.24) is 9.88 Å². The lowest BCUT2D eigenvalue weighted by molar-refractivity contribution is 0.211. The minimum atomic E-state index is -0.429. The summed E-state index contributed by atoms with van der Waals surface area (Å²) in [4.78, 5) is 6.33. The number of benzene rings is 1. The number of hydrogen-bond donors (Lipinski definition) is 1. The van der Waals surface area contributed by atoms with Crippen LogP contribution in [0.4, 0.5) is 10.2 Å². The van der Waals surface area contributed by atoms with Crippen LogP contribution in [0.5, 0.6) is 0 Å². The maximum Gasteiger partial charge on any atom is 0.214 e. The number of halogens is 1. The Morgan fingerprint density at radius 1 is 1.05 bits per heavy atom. The van der Waals surface area contributed by atoms with E-state index in [2.05, 4.69) is 39.5 Å². The van der Waals surface area contributed by atoms with E-state index in [1.165, 1.54) is 11.6 Å². The number of likely N-dealkylation sites (tertiary alicyclic amines) is 1. The summed E-state index contributed by atoms with van der Waals surface area (Å²) in [5, 5.41) is 3.33. The molecule has 1 fully saturated rings. The topological polar surface area (TPSA) is 28.2 Å². The Balaban J connectivity index is 1.49. The highest BCUT2D eigenvalue weighted by molar-refractivity contribution is 5.34. The van der Waals surface area contributed by atoms with Crippen molar-refractivity contribution in [1.29, 1.82) is 0 Å². The van der Waals surface area contributed by atoms with E-state index in [1.807, 2.05) is 12.1 Å². The van der Waals surface area contributed by atoms with Crippen LogP contribution in [0.1, 0.15) is 18.4 Å². The highest BCUT2D eigenvalue weighted by atomic mass is 19.1. The largest absolute Gasteiger partial charge is 0.367 e. The first-order valence-corrected chi connectivity index (χ1v) is 7.45. The predicted octanol–water partition coefficient (Wildman–Crippen LogP) is 3.30. The fourth-order valence-electron chi connectivity index (χ4n) is 2.77. The lowest BCUT2D eigenvalue weighted by Gasteiger charge is -2.32. The summed E-state index contributed by atoms with van der Waals surface area (Å²) in [5.74, 6) is 0.207. The van der Waals surface area contributed by atoms with Crippen LogP contribution < -0.4 is 5.32 Å². The second-order valence-corrected chi connectivity index (χ2v) is 5.53. The molecule has 3 nitrogen and oxygen atoms in total. The fraction of sp³-hybridized carbons (Fsp3) is 0.353. The summed E-state index contributed by atoms with van der Waals surface area (Å²) in [7, 11) is 0. The normalized spacial score (nSPS) is 16.8. The molecule has 1 aliphatic heterocycles. The third kappa shape index (κ3) is 4.02. The van der Waals surface area contributed by atoms with Gasteiger partial charge in [0.15, 0.2) is 0 Å². The Bertz CT molecular complexity index is 565. The molecule has 1 aliphatic rings. The summed E-state index contributed by atoms with van der Waals surface area (Å²) in [6.07, 6.45) is 2.12. The first-order chi connectivity index (χ1) is 10.3. The smallest absolute Gasteiger partial charge is 0.214 e. The number of hydrogen-bond acceptors (Lipinski definition) is 3. The Labute approximate surface area is 124 Å². The van der Waals surface area contributed by atoms with Crippen molar-refractivity contribution in [3.63, 3.8) is 0 Å². The van der Waals surface area contributed by atoms with Gasteiger partial charge >= 0.3 is 0 Å². The van der Waals surface area contributed by atoms with Crippen molar-refractivity contribution >= 4 is 5.82 Å². The van der Waals surface area contributed by atoms with Gasteiger partial charge in [-0.1, -0.05) is 36.4 Å². The SMILES string of the molecule is Fc1cccc(NC2CCN(Cc3ccccc3)CC2)n1. The van der Waals surface area contributed by atoms with E-state index in [4.69, 9.17) is 0 Å². The fourth-order valence-corrected chi connectivity index (χ4v) is 2.77. The summed E-state index contributed by atoms with van der Waals surface area (Å²) >= 11 is 0. The molecule has 0 amide bonds. The molecule has 0 radical (unpaired) electrons. The van der Waals surface area contributed by atoms with E-state index >= 15 is 0 Å². The number of piperidine rings is 1. The monoisotopic (exact) mass is 285 g/mol. The molecule has 0 atom stereocenters. The number of aromatic nitrogens is 1. The highest BCUT2D eigenvalue weighted by Gasteiger charge is 2.19. The molecule has 110 valence electrons. The van der Waals surface area contributed by atoms with Gasteiger partial charge in [0.25, 0.3) is 0 Å². The van der Waals surface area contributed by atoms with Crippen molar-refractivity contribution in [3.05, 3.63) is 60.0 Å². The zero-order chi connectivity index (χ0) is 14.5. The van der Waals surface area contributed by atoms with Crippen molar-refractivity contribution in [3.8, 4) is 0 Å². The second-order valence-electron chi connectivity index (χ2n) is 5.53. The minimum Gasteiger partial charge on any atom is -0.367 e. The van der Waals surface area contributed by atoms with Crippen LogP contribution in [0.2, 0.25) is 0 Å². The van der Waals surface area contributed by atoms with Gasteiger partial charge in [-0.2, -0.15) is 4.39 Å². The van der Waals surface area contributed by atoms with Gasteiger partial charge in [0.05, 0.1) is 0 Å². The van der Waals surface area contributed by atoms with Gasteiger partial charge in [-0.15, -0.1) is 0 Å². The average molecular weight is 285 g/mol. The zero-order valence-electron chi connectivity index (χ0n) is 12.0.